The smallest absolute Gasteiger partial charge is 0.338 e. The van der Waals surface area contributed by atoms with Crippen LogP contribution in [0, 0.1) is 0 Å². The van der Waals surface area contributed by atoms with Crippen molar-refractivity contribution in [2.45, 2.75) is 43.1 Å². The first-order valence-electron chi connectivity index (χ1n) is 9.61. The van der Waals surface area contributed by atoms with Crippen LogP contribution in [0.15, 0.2) is 65.7 Å². The summed E-state index contributed by atoms with van der Waals surface area (Å²) in [5.41, 5.74) is -0.330. The fraction of sp³-hybridized carbons (Fsp3) is 0.318. The molecule has 0 bridgehead atoms. The van der Waals surface area contributed by atoms with Crippen molar-refractivity contribution in [2.24, 2.45) is 4.99 Å². The summed E-state index contributed by atoms with van der Waals surface area (Å²) < 4.78 is 44.4. The van der Waals surface area contributed by atoms with E-state index in [-0.39, 0.29) is 11.1 Å². The third-order valence-electron chi connectivity index (χ3n) is 4.93. The molecular formula is C22H19F2NO5S. The van der Waals surface area contributed by atoms with E-state index in [9.17, 15) is 18.4 Å². The highest BCUT2D eigenvalue weighted by Crippen LogP contribution is 2.40. The van der Waals surface area contributed by atoms with E-state index in [0.29, 0.717) is 5.04 Å². The summed E-state index contributed by atoms with van der Waals surface area (Å²) in [6.45, 7) is 1.71. The van der Waals surface area contributed by atoms with E-state index in [1.165, 1.54) is 23.9 Å². The molecule has 6 nitrogen and oxygen atoms in total. The van der Waals surface area contributed by atoms with Gasteiger partial charge in [0.15, 0.2) is 18.3 Å². The molecule has 2 aliphatic rings. The predicted molar refractivity (Wildman–Crippen MR) is 110 cm³/mol. The number of alkyl halides is 2. The van der Waals surface area contributed by atoms with Crippen LogP contribution in [0.3, 0.4) is 0 Å². The largest absolute Gasteiger partial charge is 0.452 e. The van der Waals surface area contributed by atoms with Gasteiger partial charge in [-0.3, -0.25) is 4.99 Å². The predicted octanol–water partition coefficient (Wildman–Crippen LogP) is 3.96. The average molecular weight is 447 g/mol. The summed E-state index contributed by atoms with van der Waals surface area (Å²) in [6.07, 6.45) is -7.50. The Labute approximate surface area is 181 Å². The molecule has 1 unspecified atom stereocenters. The minimum atomic E-state index is -2.96. The van der Waals surface area contributed by atoms with Gasteiger partial charge in [0.1, 0.15) is 11.5 Å². The molecule has 0 spiro atoms. The highest BCUT2D eigenvalue weighted by atomic mass is 32.2. The molecule has 2 aromatic carbocycles. The van der Waals surface area contributed by atoms with Crippen LogP contribution in [-0.2, 0) is 14.2 Å². The van der Waals surface area contributed by atoms with E-state index in [1.54, 1.807) is 55.5 Å². The number of thioether (sulfide) groups is 1. The molecule has 0 radical (unpaired) electrons. The molecule has 4 rings (SSSR count). The van der Waals surface area contributed by atoms with Crippen LogP contribution in [0.1, 0.15) is 27.6 Å². The summed E-state index contributed by atoms with van der Waals surface area (Å²) in [4.78, 5) is 29.8. The maximum absolute atomic E-state index is 13.9. The zero-order valence-electron chi connectivity index (χ0n) is 16.4. The molecule has 9 heteroatoms. The summed E-state index contributed by atoms with van der Waals surface area (Å²) >= 11 is 1.18. The minimum Gasteiger partial charge on any atom is -0.452 e. The lowest BCUT2D eigenvalue weighted by Gasteiger charge is -2.41. The van der Waals surface area contributed by atoms with Gasteiger partial charge in [0, 0.05) is 0 Å². The highest BCUT2D eigenvalue weighted by molar-refractivity contribution is 8.14. The average Bonchev–Trinajstić information content (AvgIpc) is 3.16. The molecular weight excluding hydrogens is 428 g/mol. The molecule has 0 N–H and O–H groups in total. The number of hydrogen-bond donors (Lipinski definition) is 0. The number of esters is 2. The maximum atomic E-state index is 13.9. The Balaban J connectivity index is 1.65. The Morgan fingerprint density at radius 1 is 0.935 bits per heavy atom. The number of fused-ring (bicyclic) bond motifs is 1. The fourth-order valence-electron chi connectivity index (χ4n) is 3.49. The first-order chi connectivity index (χ1) is 14.9. The number of aliphatic imine (C=N–C) groups is 1. The quantitative estimate of drug-likeness (QED) is 0.646. The number of carbonyl (C=O) groups is 2. The molecule has 0 aliphatic carbocycles. The van der Waals surface area contributed by atoms with Crippen molar-refractivity contribution in [3.05, 3.63) is 71.8 Å². The molecule has 0 saturated carbocycles. The van der Waals surface area contributed by atoms with Gasteiger partial charge in [0.25, 0.3) is 6.43 Å². The van der Waals surface area contributed by atoms with Gasteiger partial charge in [-0.25, -0.2) is 18.4 Å². The number of carbonyl (C=O) groups excluding carboxylic acids is 2. The minimum absolute atomic E-state index is 0.186. The van der Waals surface area contributed by atoms with Crippen molar-refractivity contribution < 1.29 is 32.6 Å². The monoisotopic (exact) mass is 447 g/mol. The van der Waals surface area contributed by atoms with Crippen molar-refractivity contribution in [1.82, 2.24) is 0 Å². The van der Waals surface area contributed by atoms with Gasteiger partial charge in [-0.05, 0) is 31.2 Å². The molecule has 5 atom stereocenters. The van der Waals surface area contributed by atoms with Crippen LogP contribution >= 0.6 is 11.8 Å². The van der Waals surface area contributed by atoms with Gasteiger partial charge in [-0.15, -0.1) is 0 Å². The summed E-state index contributed by atoms with van der Waals surface area (Å²) in [5, 5.41) is 0.610. The second-order valence-electron chi connectivity index (χ2n) is 7.03. The van der Waals surface area contributed by atoms with Gasteiger partial charge in [0.05, 0.1) is 16.2 Å². The number of nitrogens with zero attached hydrogens (tertiary/aromatic N) is 1. The van der Waals surface area contributed by atoms with E-state index < -0.39 is 48.2 Å². The lowest BCUT2D eigenvalue weighted by atomic mass is 9.97. The van der Waals surface area contributed by atoms with E-state index in [1.807, 2.05) is 0 Å². The molecule has 162 valence electrons. The van der Waals surface area contributed by atoms with Crippen LogP contribution in [0.2, 0.25) is 0 Å². The highest BCUT2D eigenvalue weighted by Gasteiger charge is 2.55. The van der Waals surface area contributed by atoms with E-state index >= 15 is 0 Å². The Morgan fingerprint density at radius 2 is 1.45 bits per heavy atom. The number of halogens is 2. The van der Waals surface area contributed by atoms with Gasteiger partial charge in [-0.1, -0.05) is 48.2 Å². The number of hydrogen-bond acceptors (Lipinski definition) is 7. The molecule has 2 aromatic rings. The van der Waals surface area contributed by atoms with E-state index in [4.69, 9.17) is 14.2 Å². The van der Waals surface area contributed by atoms with Gasteiger partial charge >= 0.3 is 11.9 Å². The van der Waals surface area contributed by atoms with Gasteiger partial charge in [0.2, 0.25) is 0 Å². The topological polar surface area (TPSA) is 74.2 Å². The molecule has 0 amide bonds. The van der Waals surface area contributed by atoms with Gasteiger partial charge < -0.3 is 14.2 Å². The normalized spacial score (nSPS) is 27.4. The summed E-state index contributed by atoms with van der Waals surface area (Å²) in [7, 11) is 0. The lowest BCUT2D eigenvalue weighted by molar-refractivity contribution is -0.194. The Kier molecular flexibility index (Phi) is 6.33. The molecule has 1 saturated heterocycles. The standard InChI is InChI=1S/C22H19F2NO5S/c1-12-25-15-16(28-20(26)13-8-4-2-5-9-13)17(18(19(23)24)30-22(15)31-12)29-21(27)14-10-6-3-7-11-14/h2-11,15-19,22H,1H3/t15-,16?,17+,18+,22-/m1/s1. The van der Waals surface area contributed by atoms with Crippen LogP contribution < -0.4 is 0 Å². The van der Waals surface area contributed by atoms with Crippen LogP contribution in [0.25, 0.3) is 0 Å². The number of rotatable bonds is 5. The van der Waals surface area contributed by atoms with Crippen LogP contribution in [0.5, 0.6) is 0 Å². The SMILES string of the molecule is CC1=N[C@@H]2C(OC(=O)c3ccccc3)[C@H](OC(=O)c3ccccc3)[C@@H](C(F)F)O[C@@H]2S1. The maximum Gasteiger partial charge on any atom is 0.338 e. The zero-order chi connectivity index (χ0) is 22.0. The molecule has 2 heterocycles. The Hall–Kier alpha value is -2.78. The Bertz CT molecular complexity index is 972. The fourth-order valence-corrected chi connectivity index (χ4v) is 4.55. The van der Waals surface area contributed by atoms with Crippen LogP contribution in [-0.4, -0.2) is 53.2 Å². The van der Waals surface area contributed by atoms with Crippen molar-refractivity contribution in [3.8, 4) is 0 Å². The van der Waals surface area contributed by atoms with E-state index in [0.717, 1.165) is 0 Å². The third-order valence-corrected chi connectivity index (χ3v) is 5.99. The van der Waals surface area contributed by atoms with E-state index in [2.05, 4.69) is 4.99 Å². The summed E-state index contributed by atoms with van der Waals surface area (Å²) in [6, 6.07) is 15.4. The lowest BCUT2D eigenvalue weighted by Crippen LogP contribution is -2.59. The summed E-state index contributed by atoms with van der Waals surface area (Å²) in [5.74, 6) is -1.53. The first kappa shape index (κ1) is 21.5. The second-order valence-corrected chi connectivity index (χ2v) is 8.32. The Morgan fingerprint density at radius 3 is 1.97 bits per heavy atom. The molecule has 1 fully saturated rings. The first-order valence-corrected chi connectivity index (χ1v) is 10.5. The van der Waals surface area contributed by atoms with Crippen molar-refractivity contribution >= 4 is 28.7 Å². The van der Waals surface area contributed by atoms with Crippen molar-refractivity contribution in [3.63, 3.8) is 0 Å². The number of ether oxygens (including phenoxy) is 3. The van der Waals surface area contributed by atoms with Crippen molar-refractivity contribution in [1.29, 1.82) is 0 Å². The number of benzene rings is 2. The van der Waals surface area contributed by atoms with Gasteiger partial charge in [-0.2, -0.15) is 0 Å². The third kappa shape index (κ3) is 4.62. The van der Waals surface area contributed by atoms with Crippen LogP contribution in [0.4, 0.5) is 8.78 Å². The molecule has 0 aromatic heterocycles. The zero-order valence-corrected chi connectivity index (χ0v) is 17.2. The molecule has 31 heavy (non-hydrogen) atoms. The van der Waals surface area contributed by atoms with Crippen molar-refractivity contribution in [2.75, 3.05) is 0 Å². The molecule has 2 aliphatic heterocycles. The second kappa shape index (κ2) is 9.15.